The van der Waals surface area contributed by atoms with Gasteiger partial charge < -0.3 is 35.7 Å². The highest BCUT2D eigenvalue weighted by Gasteiger charge is 2.65. The van der Waals surface area contributed by atoms with E-state index in [-0.39, 0.29) is 57.1 Å². The summed E-state index contributed by atoms with van der Waals surface area (Å²) in [7, 11) is 0. The molecule has 2 aromatic rings. The molecule has 280 valence electrons. The third-order valence-electron chi connectivity index (χ3n) is 11.2. The molecule has 1 aromatic heterocycles. The second-order valence-electron chi connectivity index (χ2n) is 14.5. The molecule has 3 aliphatic heterocycles. The van der Waals surface area contributed by atoms with Gasteiger partial charge in [0.05, 0.1) is 30.1 Å². The smallest absolute Gasteiger partial charge is 0.372 e. The van der Waals surface area contributed by atoms with Crippen molar-refractivity contribution >= 4 is 63.6 Å². The van der Waals surface area contributed by atoms with E-state index in [1.165, 1.54) is 5.38 Å². The number of carbonyl (C=O) groups is 7. The zero-order chi connectivity index (χ0) is 38.4. The first-order valence-electron chi connectivity index (χ1n) is 16.5. The summed E-state index contributed by atoms with van der Waals surface area (Å²) in [5, 5.41) is 46.0. The Labute approximate surface area is 302 Å². The Bertz CT molecular complexity index is 1990. The summed E-state index contributed by atoms with van der Waals surface area (Å²) in [5.74, 6) is -11.4. The maximum absolute atomic E-state index is 13.8. The standard InChI is InChI=1S/C33H33N5O14S/c1-31(2)14-3-4-15(31)9-32(8-14,28(46)47)52-36-23(18-12-53-30(34)35-18)22(41)5-13-11-50-38(24(13)42)33(29(48)49)10-19(27(45)51-33)37-25(43)16-6-20(39)21(40)7-17(16)26(37)44/h6-7,12-15,19,39-40H,3-5,8-11H2,1-2H3,(H2,34,35)(H,46,47)(H,48,49)/b36-23-/t13-,14?,15?,19?,32?,33?/m0/s1. The highest BCUT2D eigenvalue weighted by Crippen LogP contribution is 2.58. The van der Waals surface area contributed by atoms with Crippen LogP contribution in [-0.2, 0) is 38.4 Å². The maximum Gasteiger partial charge on any atom is 0.372 e. The van der Waals surface area contributed by atoms with Crippen molar-refractivity contribution in [3.63, 3.8) is 0 Å². The molecule has 5 aliphatic rings. The van der Waals surface area contributed by atoms with Gasteiger partial charge in [-0.3, -0.25) is 28.9 Å². The molecule has 0 spiro atoms. The molecule has 4 unspecified atom stereocenters. The van der Waals surface area contributed by atoms with Crippen LogP contribution in [0.5, 0.6) is 11.5 Å². The third-order valence-corrected chi connectivity index (χ3v) is 11.9. The number of hydrogen-bond acceptors (Lipinski definition) is 16. The van der Waals surface area contributed by atoms with Crippen LogP contribution >= 0.6 is 11.3 Å². The minimum atomic E-state index is -2.87. The molecule has 4 heterocycles. The van der Waals surface area contributed by atoms with Gasteiger partial charge in [0.1, 0.15) is 11.7 Å². The van der Waals surface area contributed by atoms with Crippen LogP contribution in [0.4, 0.5) is 5.13 Å². The lowest BCUT2D eigenvalue weighted by Crippen LogP contribution is -2.56. The third kappa shape index (κ3) is 5.45. The number of amides is 3. The van der Waals surface area contributed by atoms with Gasteiger partial charge >= 0.3 is 23.6 Å². The first-order valence-corrected chi connectivity index (χ1v) is 17.4. The van der Waals surface area contributed by atoms with Crippen molar-refractivity contribution < 1.29 is 68.4 Å². The lowest BCUT2D eigenvalue weighted by atomic mass is 9.63. The number of ketones is 1. The Morgan fingerprint density at radius 3 is 2.13 bits per heavy atom. The monoisotopic (exact) mass is 755 g/mol. The number of ether oxygens (including phenoxy) is 1. The molecule has 2 aliphatic carbocycles. The second kappa shape index (κ2) is 12.2. The second-order valence-corrected chi connectivity index (χ2v) is 15.3. The molecule has 3 amide bonds. The number of carboxylic acid groups (broad SMARTS) is 2. The van der Waals surface area contributed by atoms with E-state index in [2.05, 4.69) is 24.0 Å². The first kappa shape index (κ1) is 35.8. The van der Waals surface area contributed by atoms with Crippen LogP contribution < -0.4 is 5.73 Å². The molecule has 20 heteroatoms. The van der Waals surface area contributed by atoms with Crippen molar-refractivity contribution in [2.45, 2.75) is 69.7 Å². The van der Waals surface area contributed by atoms with Crippen molar-refractivity contribution in [3.05, 3.63) is 34.3 Å². The number of hydrogen-bond donors (Lipinski definition) is 5. The van der Waals surface area contributed by atoms with E-state index in [1.807, 2.05) is 0 Å². The number of phenolic OH excluding ortho intramolecular Hbond substituents is 2. The molecular weight excluding hydrogens is 722 g/mol. The number of oxime groups is 1. The minimum absolute atomic E-state index is 0.0329. The molecule has 19 nitrogen and oxygen atoms in total. The van der Waals surface area contributed by atoms with Gasteiger partial charge in [0.15, 0.2) is 28.1 Å². The number of esters is 1. The van der Waals surface area contributed by atoms with Crippen LogP contribution in [0.1, 0.15) is 78.8 Å². The fourth-order valence-corrected chi connectivity index (χ4v) is 8.64. The number of aliphatic carboxylic acids is 2. The molecule has 2 saturated heterocycles. The fraction of sp³-hybridized carbons (Fsp3) is 0.485. The number of carboxylic acids is 2. The van der Waals surface area contributed by atoms with E-state index in [1.54, 1.807) is 0 Å². The molecule has 5 atom stereocenters. The van der Waals surface area contributed by atoms with E-state index in [0.29, 0.717) is 4.90 Å². The minimum Gasteiger partial charge on any atom is -0.504 e. The number of cyclic esters (lactones) is 1. The fourth-order valence-electron chi connectivity index (χ4n) is 8.09. The van der Waals surface area contributed by atoms with E-state index >= 15 is 0 Å². The largest absolute Gasteiger partial charge is 0.504 e. The van der Waals surface area contributed by atoms with Crippen LogP contribution in [0.15, 0.2) is 22.7 Å². The Hall–Kier alpha value is -5.63. The average molecular weight is 756 g/mol. The molecule has 53 heavy (non-hydrogen) atoms. The van der Waals surface area contributed by atoms with Gasteiger partial charge in [-0.15, -0.1) is 11.3 Å². The van der Waals surface area contributed by atoms with Crippen molar-refractivity contribution in [1.29, 1.82) is 0 Å². The first-order chi connectivity index (χ1) is 24.9. The normalized spacial score (nSPS) is 30.5. The number of nitrogens with zero attached hydrogens (tertiary/aromatic N) is 4. The summed E-state index contributed by atoms with van der Waals surface area (Å²) < 4.78 is 5.17. The van der Waals surface area contributed by atoms with Crippen LogP contribution in [0, 0.1) is 23.2 Å². The zero-order valence-corrected chi connectivity index (χ0v) is 29.0. The average Bonchev–Trinajstić information content (AvgIpc) is 3.84. The van der Waals surface area contributed by atoms with E-state index < -0.39 is 101 Å². The number of aromatic nitrogens is 1. The summed E-state index contributed by atoms with van der Waals surface area (Å²) in [6, 6.07) is -0.240. The number of benzene rings is 1. The number of rotatable bonds is 10. The Morgan fingerprint density at radius 1 is 1.00 bits per heavy atom. The molecular formula is C33H33N5O14S. The predicted molar refractivity (Wildman–Crippen MR) is 175 cm³/mol. The molecule has 4 fully saturated rings. The van der Waals surface area contributed by atoms with E-state index in [4.69, 9.17) is 20.1 Å². The van der Waals surface area contributed by atoms with E-state index in [0.717, 1.165) is 36.3 Å². The number of imide groups is 1. The quantitative estimate of drug-likeness (QED) is 0.0750. The Morgan fingerprint density at radius 2 is 1.60 bits per heavy atom. The number of fused-ring (bicyclic) bond motifs is 3. The van der Waals surface area contributed by atoms with Crippen LogP contribution in [0.2, 0.25) is 0 Å². The molecule has 1 aromatic carbocycles. The number of phenols is 2. The molecule has 7 rings (SSSR count). The van der Waals surface area contributed by atoms with Gasteiger partial charge in [-0.05, 0) is 42.2 Å². The maximum atomic E-state index is 13.8. The number of aromatic hydroxyl groups is 2. The van der Waals surface area contributed by atoms with Crippen molar-refractivity contribution in [2.24, 2.45) is 28.3 Å². The number of thiazole rings is 1. The lowest BCUT2D eigenvalue weighted by Gasteiger charge is -2.45. The molecule has 2 saturated carbocycles. The SMILES string of the molecule is CC1(C)C2CCC1CC(O/N=C(\C(=O)C[C@H]1CON(C3(C(=O)O)CC(N4C(=O)c5cc(O)c(O)cc5C4=O)C(=O)O3)C1=O)c1csc(N)n1)(C(=O)O)C2. The molecule has 2 bridgehead atoms. The summed E-state index contributed by atoms with van der Waals surface area (Å²) >= 11 is 0.971. The van der Waals surface area contributed by atoms with Crippen molar-refractivity contribution in [2.75, 3.05) is 12.3 Å². The number of nitrogen functional groups attached to an aromatic ring is 1. The van der Waals surface area contributed by atoms with Crippen LogP contribution in [0.3, 0.4) is 0 Å². The highest BCUT2D eigenvalue weighted by molar-refractivity contribution is 7.13. The summed E-state index contributed by atoms with van der Waals surface area (Å²) in [5.41, 5.74) is -0.106. The van der Waals surface area contributed by atoms with Crippen molar-refractivity contribution in [1.82, 2.24) is 14.9 Å². The topological polar surface area (TPSA) is 286 Å². The van der Waals surface area contributed by atoms with Crippen LogP contribution in [0.25, 0.3) is 0 Å². The summed E-state index contributed by atoms with van der Waals surface area (Å²) in [6.07, 6.45) is 0.314. The van der Waals surface area contributed by atoms with Gasteiger partial charge in [0.25, 0.3) is 17.7 Å². The summed E-state index contributed by atoms with van der Waals surface area (Å²) in [6.45, 7) is 3.61. The Balaban J connectivity index is 1.11. The van der Waals surface area contributed by atoms with Gasteiger partial charge in [-0.2, -0.15) is 5.06 Å². The lowest BCUT2D eigenvalue weighted by molar-refractivity contribution is -0.256. The number of nitrogens with two attached hydrogens (primary N) is 1. The van der Waals surface area contributed by atoms with Gasteiger partial charge in [-0.1, -0.05) is 19.0 Å². The van der Waals surface area contributed by atoms with Crippen LogP contribution in [-0.4, -0.2) is 106 Å². The van der Waals surface area contributed by atoms with Gasteiger partial charge in [0, 0.05) is 24.6 Å². The van der Waals surface area contributed by atoms with Gasteiger partial charge in [0.2, 0.25) is 5.60 Å². The Kier molecular flexibility index (Phi) is 8.25. The molecule has 0 radical (unpaired) electrons. The highest BCUT2D eigenvalue weighted by atomic mass is 32.1. The molecule has 6 N–H and O–H groups in total. The van der Waals surface area contributed by atoms with Gasteiger partial charge in [-0.25, -0.2) is 19.4 Å². The number of hydroxylamine groups is 2. The zero-order valence-electron chi connectivity index (χ0n) is 28.1. The number of carbonyl (C=O) groups excluding carboxylic acids is 5. The number of anilines is 1. The van der Waals surface area contributed by atoms with Crippen molar-refractivity contribution in [3.8, 4) is 11.5 Å². The summed E-state index contributed by atoms with van der Waals surface area (Å²) in [4.78, 5) is 108. The van der Waals surface area contributed by atoms with E-state index in [9.17, 15) is 54.0 Å². The number of Topliss-reactive ketones (excluding diaryl/α,β-unsaturated/α-hetero) is 1. The predicted octanol–water partition coefficient (Wildman–Crippen LogP) is 1.27.